The van der Waals surface area contributed by atoms with Crippen molar-refractivity contribution in [3.05, 3.63) is 87.4 Å². The van der Waals surface area contributed by atoms with E-state index in [0.29, 0.717) is 34.8 Å². The third-order valence-corrected chi connectivity index (χ3v) is 6.25. The van der Waals surface area contributed by atoms with Crippen molar-refractivity contribution in [2.24, 2.45) is 0 Å². The fourth-order valence-electron chi connectivity index (χ4n) is 3.67. The molecule has 0 radical (unpaired) electrons. The number of hydrogen-bond acceptors (Lipinski definition) is 4. The summed E-state index contributed by atoms with van der Waals surface area (Å²) < 4.78 is 20.5. The number of aromatic nitrogens is 2. The normalized spacial score (nSPS) is 19.7. The first-order valence-corrected chi connectivity index (χ1v) is 11.7. The highest BCUT2D eigenvalue weighted by Crippen LogP contribution is 2.27. The molecule has 0 aliphatic carbocycles. The highest BCUT2D eigenvalue weighted by atomic mass is 35.5. The molecule has 3 aromatic rings. The van der Waals surface area contributed by atoms with Gasteiger partial charge in [-0.1, -0.05) is 53.0 Å². The molecule has 0 amide bonds. The van der Waals surface area contributed by atoms with E-state index in [-0.39, 0.29) is 18.5 Å². The Hall–Kier alpha value is -1.60. The van der Waals surface area contributed by atoms with Crippen molar-refractivity contribution in [1.82, 2.24) is 9.55 Å². The molecule has 1 saturated heterocycles. The molecule has 2 aromatic carbocycles. The van der Waals surface area contributed by atoms with Crippen LogP contribution >= 0.6 is 34.8 Å². The van der Waals surface area contributed by atoms with Gasteiger partial charge in [-0.05, 0) is 54.7 Å². The molecule has 32 heavy (non-hydrogen) atoms. The van der Waals surface area contributed by atoms with E-state index in [0.717, 1.165) is 30.4 Å². The van der Waals surface area contributed by atoms with Gasteiger partial charge in [-0.3, -0.25) is 0 Å². The van der Waals surface area contributed by atoms with Gasteiger partial charge in [-0.15, -0.1) is 0 Å². The maximum Gasteiger partial charge on any atom is 0.158 e. The average Bonchev–Trinajstić information content (AvgIpc) is 3.30. The van der Waals surface area contributed by atoms with E-state index in [1.54, 1.807) is 18.6 Å². The summed E-state index contributed by atoms with van der Waals surface area (Å²) in [4.78, 5) is 4.13. The van der Waals surface area contributed by atoms with Crippen molar-refractivity contribution in [2.75, 3.05) is 6.61 Å². The predicted octanol–water partition coefficient (Wildman–Crippen LogP) is 6.71. The maximum absolute atomic E-state index is 6.32. The van der Waals surface area contributed by atoms with Crippen LogP contribution in [0.15, 0.2) is 61.2 Å². The summed E-state index contributed by atoms with van der Waals surface area (Å²) in [6.07, 6.45) is 7.80. The van der Waals surface area contributed by atoms with Crippen LogP contribution in [0.4, 0.5) is 0 Å². The molecule has 1 fully saturated rings. The Bertz CT molecular complexity index is 983. The second-order valence-electron chi connectivity index (χ2n) is 7.80. The van der Waals surface area contributed by atoms with Crippen LogP contribution in [0.5, 0.6) is 0 Å². The first kappa shape index (κ1) is 23.6. The fourth-order valence-corrected chi connectivity index (χ4v) is 4.26. The Labute approximate surface area is 203 Å². The number of rotatable bonds is 9. The summed E-state index contributed by atoms with van der Waals surface area (Å²) in [6.45, 7) is 1.51. The van der Waals surface area contributed by atoms with E-state index in [2.05, 4.69) is 4.98 Å². The highest BCUT2D eigenvalue weighted by molar-refractivity contribution is 6.35. The quantitative estimate of drug-likeness (QED) is 0.331. The number of ether oxygens (including phenoxy) is 3. The Morgan fingerprint density at radius 3 is 2.62 bits per heavy atom. The maximum atomic E-state index is 6.32. The number of halogens is 3. The summed E-state index contributed by atoms with van der Waals surface area (Å²) in [5, 5.41) is 1.90. The molecule has 0 saturated carbocycles. The van der Waals surface area contributed by atoms with Gasteiger partial charge in [0.25, 0.3) is 0 Å². The van der Waals surface area contributed by atoms with Gasteiger partial charge in [0.15, 0.2) is 6.29 Å². The zero-order valence-electron chi connectivity index (χ0n) is 17.5. The molecule has 0 bridgehead atoms. The molecule has 1 aliphatic heterocycles. The third-order valence-electron chi connectivity index (χ3n) is 5.41. The van der Waals surface area contributed by atoms with Crippen LogP contribution in [-0.2, 0) is 27.4 Å². The van der Waals surface area contributed by atoms with Crippen molar-refractivity contribution in [3.8, 4) is 0 Å². The second kappa shape index (κ2) is 11.5. The van der Waals surface area contributed by atoms with Gasteiger partial charge < -0.3 is 18.8 Å². The van der Waals surface area contributed by atoms with Crippen LogP contribution in [0.1, 0.15) is 36.5 Å². The zero-order valence-corrected chi connectivity index (χ0v) is 19.8. The van der Waals surface area contributed by atoms with Gasteiger partial charge in [-0.25, -0.2) is 4.98 Å². The number of hydrogen-bond donors (Lipinski definition) is 0. The Kier molecular flexibility index (Phi) is 8.47. The number of nitrogens with zero attached hydrogens (tertiary/aromatic N) is 2. The van der Waals surface area contributed by atoms with Crippen LogP contribution in [0.3, 0.4) is 0 Å². The monoisotopic (exact) mass is 494 g/mol. The zero-order chi connectivity index (χ0) is 22.3. The summed E-state index contributed by atoms with van der Waals surface area (Å²) in [6, 6.07) is 13.1. The van der Waals surface area contributed by atoms with E-state index in [4.69, 9.17) is 49.0 Å². The predicted molar refractivity (Wildman–Crippen MR) is 126 cm³/mol. The van der Waals surface area contributed by atoms with Crippen molar-refractivity contribution in [3.63, 3.8) is 0 Å². The van der Waals surface area contributed by atoms with Gasteiger partial charge in [-0.2, -0.15) is 0 Å². The number of benzene rings is 2. The Balaban J connectivity index is 1.32. The van der Waals surface area contributed by atoms with Crippen molar-refractivity contribution in [1.29, 1.82) is 0 Å². The summed E-state index contributed by atoms with van der Waals surface area (Å²) in [7, 11) is 0. The molecule has 0 N–H and O–H groups in total. The van der Waals surface area contributed by atoms with Crippen molar-refractivity contribution < 1.29 is 14.2 Å². The van der Waals surface area contributed by atoms with E-state index in [9.17, 15) is 0 Å². The van der Waals surface area contributed by atoms with Crippen LogP contribution in [0.2, 0.25) is 15.1 Å². The lowest BCUT2D eigenvalue weighted by Gasteiger charge is -2.31. The lowest BCUT2D eigenvalue weighted by molar-refractivity contribution is -0.213. The Morgan fingerprint density at radius 2 is 1.88 bits per heavy atom. The third kappa shape index (κ3) is 6.70. The van der Waals surface area contributed by atoms with Crippen molar-refractivity contribution >= 4 is 34.8 Å². The largest absolute Gasteiger partial charge is 0.369 e. The first-order chi connectivity index (χ1) is 15.6. The van der Waals surface area contributed by atoms with Gasteiger partial charge in [0.05, 0.1) is 32.2 Å². The molecule has 4 rings (SSSR count). The average molecular weight is 496 g/mol. The molecule has 1 aromatic heterocycles. The minimum atomic E-state index is -0.285. The standard InChI is InChI=1S/C24H25Cl3N2O3/c25-19-7-4-17(5-8-19)23(13-29-11-10-28-16-29)30-15-21-2-1-3-24(32-21)31-14-18-6-9-20(26)12-22(18)27/h4-12,16,21,23-24H,1-3,13-15H2/t21-,23?,24-/m1/s1. The molecule has 3 atom stereocenters. The Morgan fingerprint density at radius 1 is 1.06 bits per heavy atom. The molecule has 5 nitrogen and oxygen atoms in total. The molecular weight excluding hydrogens is 471 g/mol. The van der Waals surface area contributed by atoms with Crippen molar-refractivity contribution in [2.45, 2.75) is 50.9 Å². The highest BCUT2D eigenvalue weighted by Gasteiger charge is 2.25. The van der Waals surface area contributed by atoms with Crippen LogP contribution in [0.25, 0.3) is 0 Å². The first-order valence-electron chi connectivity index (χ1n) is 10.6. The lowest BCUT2D eigenvalue weighted by atomic mass is 10.1. The van der Waals surface area contributed by atoms with E-state index in [1.807, 2.05) is 47.2 Å². The number of imidazole rings is 1. The fraction of sp³-hybridized carbons (Fsp3) is 0.375. The second-order valence-corrected chi connectivity index (χ2v) is 9.08. The minimum Gasteiger partial charge on any atom is -0.369 e. The molecule has 0 spiro atoms. The smallest absolute Gasteiger partial charge is 0.158 e. The SMILES string of the molecule is Clc1ccc(C(Cn2ccnc2)OC[C@H]2CCC[C@H](OCc3ccc(Cl)cc3Cl)O2)cc1. The molecule has 8 heteroatoms. The molecule has 170 valence electrons. The van der Waals surface area contributed by atoms with E-state index in [1.165, 1.54) is 0 Å². The van der Waals surface area contributed by atoms with E-state index < -0.39 is 0 Å². The van der Waals surface area contributed by atoms with Gasteiger partial charge in [0.1, 0.15) is 6.10 Å². The lowest BCUT2D eigenvalue weighted by Crippen LogP contribution is -2.33. The van der Waals surface area contributed by atoms with Crippen LogP contribution < -0.4 is 0 Å². The molecule has 1 aliphatic rings. The molecule has 2 heterocycles. The van der Waals surface area contributed by atoms with Gasteiger partial charge >= 0.3 is 0 Å². The molecular formula is C24H25Cl3N2O3. The summed E-state index contributed by atoms with van der Waals surface area (Å²) in [5.41, 5.74) is 1.95. The van der Waals surface area contributed by atoms with Crippen LogP contribution in [-0.4, -0.2) is 28.6 Å². The van der Waals surface area contributed by atoms with Gasteiger partial charge in [0, 0.05) is 27.5 Å². The molecule has 1 unspecified atom stereocenters. The van der Waals surface area contributed by atoms with E-state index >= 15 is 0 Å². The van der Waals surface area contributed by atoms with Gasteiger partial charge in [0.2, 0.25) is 0 Å². The summed E-state index contributed by atoms with van der Waals surface area (Å²) in [5.74, 6) is 0. The van der Waals surface area contributed by atoms with Crippen LogP contribution in [0, 0.1) is 0 Å². The minimum absolute atomic E-state index is 0.0352. The topological polar surface area (TPSA) is 45.5 Å². The summed E-state index contributed by atoms with van der Waals surface area (Å²) >= 11 is 18.3.